The van der Waals surface area contributed by atoms with Crippen molar-refractivity contribution in [1.82, 2.24) is 0 Å². The summed E-state index contributed by atoms with van der Waals surface area (Å²) in [4.78, 5) is 11.9. The molecule has 17 heavy (non-hydrogen) atoms. The highest BCUT2D eigenvalue weighted by Crippen LogP contribution is 2.32. The smallest absolute Gasteiger partial charge is 0.327 e. The van der Waals surface area contributed by atoms with E-state index in [0.717, 1.165) is 12.5 Å². The largest absolute Gasteiger partial charge is 0.364 e. The number of nitrogens with zero attached hydrogens (tertiary/aromatic N) is 2. The van der Waals surface area contributed by atoms with Gasteiger partial charge in [-0.3, -0.25) is 10.1 Å². The van der Waals surface area contributed by atoms with Gasteiger partial charge in [-0.25, -0.2) is 0 Å². The molecule has 1 aromatic carbocycles. The molecule has 1 heterocycles. The average molecular weight is 262 g/mol. The van der Waals surface area contributed by atoms with Crippen molar-refractivity contribution in [3.8, 4) is 0 Å². The molecule has 0 amide bonds. The quantitative estimate of drug-likeness (QED) is 0.650. The molecule has 94 valence electrons. The molecule has 1 saturated heterocycles. The van der Waals surface area contributed by atoms with Gasteiger partial charge in [0.15, 0.2) is 0 Å². The van der Waals surface area contributed by atoms with Crippen LogP contribution in [0.5, 0.6) is 0 Å². The Morgan fingerprint density at radius 2 is 2.24 bits per heavy atom. The fourth-order valence-electron chi connectivity index (χ4n) is 1.95. The first-order valence-corrected chi connectivity index (χ1v) is 5.03. The highest BCUT2D eigenvalue weighted by atomic mass is 35.5. The molecule has 0 spiro atoms. The summed E-state index contributed by atoms with van der Waals surface area (Å²) in [7, 11) is 0. The molecule has 7 heteroatoms. The summed E-state index contributed by atoms with van der Waals surface area (Å²) in [5.74, 6) is -0.803. The molecule has 1 atom stereocenters. The van der Waals surface area contributed by atoms with Crippen molar-refractivity contribution >= 4 is 23.8 Å². The Balaban J connectivity index is 0.00000144. The van der Waals surface area contributed by atoms with Gasteiger partial charge in [0.05, 0.1) is 4.92 Å². The Morgan fingerprint density at radius 3 is 2.76 bits per heavy atom. The van der Waals surface area contributed by atoms with Gasteiger partial charge in [0, 0.05) is 19.1 Å². The molecule has 0 radical (unpaired) electrons. The SMILES string of the molecule is Cl.N[C@@H]1CCN(c2cccc(F)c2[N+](=O)[O-])C1. The third kappa shape index (κ3) is 2.65. The van der Waals surface area contributed by atoms with Gasteiger partial charge in [0.2, 0.25) is 5.82 Å². The molecule has 0 unspecified atom stereocenters. The van der Waals surface area contributed by atoms with Crippen molar-refractivity contribution in [2.75, 3.05) is 18.0 Å². The second-order valence-electron chi connectivity index (χ2n) is 3.86. The van der Waals surface area contributed by atoms with Crippen LogP contribution in [-0.4, -0.2) is 24.1 Å². The molecule has 1 aliphatic heterocycles. The number of nitrogens with two attached hydrogens (primary N) is 1. The van der Waals surface area contributed by atoms with Crippen molar-refractivity contribution in [1.29, 1.82) is 0 Å². The van der Waals surface area contributed by atoms with Gasteiger partial charge < -0.3 is 10.6 Å². The van der Waals surface area contributed by atoms with Gasteiger partial charge in [0.25, 0.3) is 0 Å². The lowest BCUT2D eigenvalue weighted by Gasteiger charge is -2.17. The second-order valence-corrected chi connectivity index (χ2v) is 3.86. The zero-order valence-electron chi connectivity index (χ0n) is 9.01. The molecule has 1 aromatic rings. The van der Waals surface area contributed by atoms with Gasteiger partial charge in [-0.2, -0.15) is 4.39 Å². The van der Waals surface area contributed by atoms with Crippen LogP contribution < -0.4 is 10.6 Å². The van der Waals surface area contributed by atoms with Crippen molar-refractivity contribution in [3.05, 3.63) is 34.1 Å². The number of nitro benzene ring substituents is 1. The average Bonchev–Trinajstić information content (AvgIpc) is 2.63. The molecule has 0 aliphatic carbocycles. The maximum Gasteiger partial charge on any atom is 0.327 e. The molecule has 5 nitrogen and oxygen atoms in total. The van der Waals surface area contributed by atoms with Gasteiger partial charge in [0.1, 0.15) is 5.69 Å². The van der Waals surface area contributed by atoms with Gasteiger partial charge in [-0.05, 0) is 18.6 Å². The van der Waals surface area contributed by atoms with Crippen LogP contribution in [0.25, 0.3) is 0 Å². The van der Waals surface area contributed by atoms with Crippen LogP contribution >= 0.6 is 12.4 Å². The van der Waals surface area contributed by atoms with Crippen LogP contribution in [0.3, 0.4) is 0 Å². The maximum absolute atomic E-state index is 13.4. The van der Waals surface area contributed by atoms with Crippen LogP contribution in [0.15, 0.2) is 18.2 Å². The summed E-state index contributed by atoms with van der Waals surface area (Å²) in [6.07, 6.45) is 0.771. The van der Waals surface area contributed by atoms with E-state index in [1.54, 1.807) is 11.0 Å². The summed E-state index contributed by atoms with van der Waals surface area (Å²) in [5, 5.41) is 10.8. The first kappa shape index (κ1) is 13.7. The van der Waals surface area contributed by atoms with Gasteiger partial charge in [-0.1, -0.05) is 6.07 Å². The number of hydrogen-bond donors (Lipinski definition) is 1. The summed E-state index contributed by atoms with van der Waals surface area (Å²) in [5.41, 5.74) is 5.58. The fourth-order valence-corrected chi connectivity index (χ4v) is 1.95. The minimum absolute atomic E-state index is 0. The molecule has 2 rings (SSSR count). The first-order chi connectivity index (χ1) is 7.59. The monoisotopic (exact) mass is 261 g/mol. The third-order valence-corrected chi connectivity index (χ3v) is 2.71. The molecule has 2 N–H and O–H groups in total. The van der Waals surface area contributed by atoms with Crippen molar-refractivity contribution < 1.29 is 9.31 Å². The predicted octanol–water partition coefficient (Wildman–Crippen LogP) is 1.69. The molecule has 0 aromatic heterocycles. The minimum atomic E-state index is -0.803. The van der Waals surface area contributed by atoms with E-state index in [9.17, 15) is 14.5 Å². The first-order valence-electron chi connectivity index (χ1n) is 5.03. The van der Waals surface area contributed by atoms with Crippen molar-refractivity contribution in [3.63, 3.8) is 0 Å². The van der Waals surface area contributed by atoms with E-state index in [0.29, 0.717) is 18.8 Å². The van der Waals surface area contributed by atoms with Crippen molar-refractivity contribution in [2.24, 2.45) is 5.73 Å². The Kier molecular flexibility index (Phi) is 4.25. The number of para-hydroxylation sites is 1. The number of hydrogen-bond acceptors (Lipinski definition) is 4. The lowest BCUT2D eigenvalue weighted by molar-refractivity contribution is -0.386. The van der Waals surface area contributed by atoms with Crippen LogP contribution in [0.4, 0.5) is 15.8 Å². The van der Waals surface area contributed by atoms with Crippen LogP contribution in [0, 0.1) is 15.9 Å². The summed E-state index contributed by atoms with van der Waals surface area (Å²) in [6.45, 7) is 1.16. The highest BCUT2D eigenvalue weighted by molar-refractivity contribution is 5.85. The zero-order valence-corrected chi connectivity index (χ0v) is 9.82. The highest BCUT2D eigenvalue weighted by Gasteiger charge is 2.28. The Bertz CT molecular complexity index is 430. The van der Waals surface area contributed by atoms with E-state index in [4.69, 9.17) is 5.73 Å². The maximum atomic E-state index is 13.4. The molecule has 0 saturated carbocycles. The van der Waals surface area contributed by atoms with Crippen LogP contribution in [0.2, 0.25) is 0 Å². The fraction of sp³-hybridized carbons (Fsp3) is 0.400. The third-order valence-electron chi connectivity index (χ3n) is 2.71. The lowest BCUT2D eigenvalue weighted by Crippen LogP contribution is -2.26. The molecule has 0 bridgehead atoms. The van der Waals surface area contributed by atoms with Gasteiger partial charge in [-0.15, -0.1) is 12.4 Å². The second kappa shape index (κ2) is 5.29. The summed E-state index contributed by atoms with van der Waals surface area (Å²) >= 11 is 0. The topological polar surface area (TPSA) is 72.4 Å². The number of nitro groups is 1. The number of benzene rings is 1. The number of halogens is 2. The minimum Gasteiger partial charge on any atom is -0.364 e. The predicted molar refractivity (Wildman–Crippen MR) is 65.1 cm³/mol. The van der Waals surface area contributed by atoms with E-state index < -0.39 is 16.4 Å². The lowest BCUT2D eigenvalue weighted by atomic mass is 10.2. The normalized spacial score (nSPS) is 18.9. The molecular weight excluding hydrogens is 249 g/mol. The number of anilines is 1. The molecule has 1 fully saturated rings. The van der Waals surface area contributed by atoms with E-state index in [1.807, 2.05) is 0 Å². The summed E-state index contributed by atoms with van der Waals surface area (Å²) < 4.78 is 13.4. The Hall–Kier alpha value is -1.40. The van der Waals surface area contributed by atoms with Crippen LogP contribution in [-0.2, 0) is 0 Å². The van der Waals surface area contributed by atoms with E-state index in [1.165, 1.54) is 6.07 Å². The molecular formula is C10H13ClFN3O2. The van der Waals surface area contributed by atoms with Crippen molar-refractivity contribution in [2.45, 2.75) is 12.5 Å². The Labute approximate surface area is 104 Å². The summed E-state index contributed by atoms with van der Waals surface area (Å²) in [6, 6.07) is 4.13. The van der Waals surface area contributed by atoms with E-state index in [2.05, 4.69) is 0 Å². The zero-order chi connectivity index (χ0) is 11.7. The van der Waals surface area contributed by atoms with Gasteiger partial charge >= 0.3 is 5.69 Å². The standard InChI is InChI=1S/C10H12FN3O2.ClH/c11-8-2-1-3-9(10(8)14(15)16)13-5-4-7(12)6-13;/h1-3,7H,4-6,12H2;1H/t7-;/m1./s1. The molecule has 1 aliphatic rings. The van der Waals surface area contributed by atoms with Crippen LogP contribution in [0.1, 0.15) is 6.42 Å². The van der Waals surface area contributed by atoms with E-state index in [-0.39, 0.29) is 18.4 Å². The van der Waals surface area contributed by atoms with E-state index >= 15 is 0 Å². The number of rotatable bonds is 2. The Morgan fingerprint density at radius 1 is 1.53 bits per heavy atom.